The SMILES string of the molecule is CCOC(=O)C1=C(C)NC(=S)N(C=O)[C@H]1c1ccccc1. The highest BCUT2D eigenvalue weighted by Gasteiger charge is 2.36. The van der Waals surface area contributed by atoms with Crippen LogP contribution in [0, 0.1) is 0 Å². The van der Waals surface area contributed by atoms with E-state index in [1.807, 2.05) is 30.3 Å². The van der Waals surface area contributed by atoms with Gasteiger partial charge in [-0.2, -0.15) is 0 Å². The third-order valence-corrected chi connectivity index (χ3v) is 3.52. The molecule has 21 heavy (non-hydrogen) atoms. The largest absolute Gasteiger partial charge is 0.463 e. The number of nitrogens with zero attached hydrogens (tertiary/aromatic N) is 1. The van der Waals surface area contributed by atoms with Crippen molar-refractivity contribution in [2.75, 3.05) is 6.61 Å². The lowest BCUT2D eigenvalue weighted by molar-refractivity contribution is -0.139. The highest BCUT2D eigenvalue weighted by Crippen LogP contribution is 2.33. The van der Waals surface area contributed by atoms with Crippen LogP contribution in [0.25, 0.3) is 0 Å². The van der Waals surface area contributed by atoms with Crippen molar-refractivity contribution in [2.24, 2.45) is 0 Å². The molecule has 0 saturated heterocycles. The predicted octanol–water partition coefficient (Wildman–Crippen LogP) is 1.91. The molecule has 0 aromatic heterocycles. The molecule has 0 bridgehead atoms. The van der Waals surface area contributed by atoms with Gasteiger partial charge in [-0.1, -0.05) is 30.3 Å². The third kappa shape index (κ3) is 2.95. The average molecular weight is 304 g/mol. The summed E-state index contributed by atoms with van der Waals surface area (Å²) in [4.78, 5) is 25.0. The molecule has 1 aromatic carbocycles. The molecule has 6 heteroatoms. The number of rotatable bonds is 4. The Morgan fingerprint density at radius 1 is 1.43 bits per heavy atom. The van der Waals surface area contributed by atoms with Gasteiger partial charge in [0.25, 0.3) is 0 Å². The maximum atomic E-state index is 12.3. The zero-order chi connectivity index (χ0) is 15.4. The van der Waals surface area contributed by atoms with Gasteiger partial charge in [-0.05, 0) is 31.6 Å². The Morgan fingerprint density at radius 3 is 2.67 bits per heavy atom. The molecule has 1 heterocycles. The van der Waals surface area contributed by atoms with Gasteiger partial charge in [-0.15, -0.1) is 0 Å². The lowest BCUT2D eigenvalue weighted by Gasteiger charge is -2.35. The zero-order valence-electron chi connectivity index (χ0n) is 11.8. The van der Waals surface area contributed by atoms with Gasteiger partial charge in [0.15, 0.2) is 5.11 Å². The number of thiocarbonyl (C=S) groups is 1. The first kappa shape index (κ1) is 15.2. The number of esters is 1. The first-order valence-corrected chi connectivity index (χ1v) is 6.98. The maximum Gasteiger partial charge on any atom is 0.338 e. The molecule has 1 amide bonds. The van der Waals surface area contributed by atoms with Gasteiger partial charge in [0.2, 0.25) is 6.41 Å². The van der Waals surface area contributed by atoms with Gasteiger partial charge in [0.1, 0.15) is 0 Å². The van der Waals surface area contributed by atoms with Gasteiger partial charge in [0.05, 0.1) is 18.2 Å². The van der Waals surface area contributed by atoms with E-state index in [9.17, 15) is 9.59 Å². The highest BCUT2D eigenvalue weighted by atomic mass is 32.1. The normalized spacial score (nSPS) is 18.3. The Morgan fingerprint density at radius 2 is 2.10 bits per heavy atom. The van der Waals surface area contributed by atoms with Gasteiger partial charge < -0.3 is 10.1 Å². The molecular weight excluding hydrogens is 288 g/mol. The van der Waals surface area contributed by atoms with Crippen LogP contribution in [-0.2, 0) is 14.3 Å². The fourth-order valence-corrected chi connectivity index (χ4v) is 2.60. The number of hydrogen-bond acceptors (Lipinski definition) is 4. The summed E-state index contributed by atoms with van der Waals surface area (Å²) in [5, 5.41) is 3.14. The van der Waals surface area contributed by atoms with Crippen LogP contribution < -0.4 is 5.32 Å². The molecule has 5 nitrogen and oxygen atoms in total. The fraction of sp³-hybridized carbons (Fsp3) is 0.267. The quantitative estimate of drug-likeness (QED) is 0.523. The van der Waals surface area contributed by atoms with Crippen LogP contribution in [-0.4, -0.2) is 29.0 Å². The van der Waals surface area contributed by atoms with Crippen molar-refractivity contribution in [1.29, 1.82) is 0 Å². The Labute approximate surface area is 128 Å². The lowest BCUT2D eigenvalue weighted by Crippen LogP contribution is -2.47. The summed E-state index contributed by atoms with van der Waals surface area (Å²) in [7, 11) is 0. The number of ether oxygens (including phenoxy) is 1. The first-order valence-electron chi connectivity index (χ1n) is 6.57. The number of carbonyl (C=O) groups is 2. The molecular formula is C15H16N2O3S. The Balaban J connectivity index is 2.55. The van der Waals surface area contributed by atoms with Crippen molar-refractivity contribution in [2.45, 2.75) is 19.9 Å². The first-order chi connectivity index (χ1) is 10.1. The van der Waals surface area contributed by atoms with Crippen LogP contribution in [0.2, 0.25) is 0 Å². The van der Waals surface area contributed by atoms with Crippen LogP contribution in [0.4, 0.5) is 0 Å². The minimum atomic E-state index is -0.573. The number of hydrogen-bond donors (Lipinski definition) is 1. The van der Waals surface area contributed by atoms with Crippen molar-refractivity contribution in [3.63, 3.8) is 0 Å². The number of allylic oxidation sites excluding steroid dienone is 1. The van der Waals surface area contributed by atoms with Gasteiger partial charge in [0, 0.05) is 5.70 Å². The van der Waals surface area contributed by atoms with Crippen molar-refractivity contribution in [1.82, 2.24) is 10.2 Å². The van der Waals surface area contributed by atoms with Crippen molar-refractivity contribution < 1.29 is 14.3 Å². The van der Waals surface area contributed by atoms with Crippen molar-refractivity contribution in [3.05, 3.63) is 47.2 Å². The molecule has 0 fully saturated rings. The van der Waals surface area contributed by atoms with E-state index >= 15 is 0 Å². The second kappa shape index (κ2) is 6.49. The van der Waals surface area contributed by atoms with E-state index in [0.29, 0.717) is 17.7 Å². The minimum Gasteiger partial charge on any atom is -0.463 e. The number of nitrogens with one attached hydrogen (secondary N) is 1. The summed E-state index contributed by atoms with van der Waals surface area (Å²) in [6, 6.07) is 8.69. The summed E-state index contributed by atoms with van der Waals surface area (Å²) in [5.74, 6) is -0.453. The van der Waals surface area contributed by atoms with Gasteiger partial charge in [-0.25, -0.2) is 4.79 Å². The van der Waals surface area contributed by atoms with E-state index in [4.69, 9.17) is 17.0 Å². The van der Waals surface area contributed by atoms with E-state index in [-0.39, 0.29) is 11.7 Å². The average Bonchev–Trinajstić information content (AvgIpc) is 2.47. The summed E-state index contributed by atoms with van der Waals surface area (Å²) in [5.41, 5.74) is 1.80. The molecule has 0 radical (unpaired) electrons. The Kier molecular flexibility index (Phi) is 4.70. The molecule has 1 N–H and O–H groups in total. The number of benzene rings is 1. The van der Waals surface area contributed by atoms with Crippen LogP contribution in [0.5, 0.6) is 0 Å². The van der Waals surface area contributed by atoms with E-state index in [1.165, 1.54) is 4.90 Å². The lowest BCUT2D eigenvalue weighted by atomic mass is 9.94. The number of amides is 1. The van der Waals surface area contributed by atoms with Gasteiger partial charge in [-0.3, -0.25) is 9.69 Å². The molecule has 110 valence electrons. The maximum absolute atomic E-state index is 12.3. The topological polar surface area (TPSA) is 58.6 Å². The molecule has 1 aromatic rings. The number of carbonyl (C=O) groups excluding carboxylic acids is 2. The second-order valence-corrected chi connectivity index (χ2v) is 4.90. The van der Waals surface area contributed by atoms with Crippen molar-refractivity contribution >= 4 is 29.7 Å². The standard InChI is InChI=1S/C15H16N2O3S/c1-3-20-14(19)12-10(2)16-15(21)17(9-18)13(12)11-7-5-4-6-8-11/h4-9,13H,3H2,1-2H3,(H,16,21)/t13-/m0/s1. The van der Waals surface area contributed by atoms with Crippen LogP contribution in [0.15, 0.2) is 41.6 Å². The third-order valence-electron chi connectivity index (χ3n) is 3.21. The fourth-order valence-electron chi connectivity index (χ4n) is 2.30. The summed E-state index contributed by atoms with van der Waals surface area (Å²) >= 11 is 5.18. The van der Waals surface area contributed by atoms with Crippen LogP contribution in [0.1, 0.15) is 25.5 Å². The molecule has 0 saturated carbocycles. The summed E-state index contributed by atoms with van der Waals surface area (Å²) < 4.78 is 5.11. The molecule has 2 rings (SSSR count). The smallest absolute Gasteiger partial charge is 0.338 e. The Bertz CT molecular complexity index is 598. The van der Waals surface area contributed by atoms with Crippen LogP contribution >= 0.6 is 12.2 Å². The monoisotopic (exact) mass is 304 g/mol. The molecule has 0 unspecified atom stereocenters. The van der Waals surface area contributed by atoms with E-state index in [2.05, 4.69) is 5.32 Å². The highest BCUT2D eigenvalue weighted by molar-refractivity contribution is 7.80. The van der Waals surface area contributed by atoms with E-state index in [0.717, 1.165) is 5.56 Å². The predicted molar refractivity (Wildman–Crippen MR) is 82.2 cm³/mol. The molecule has 1 aliphatic rings. The molecule has 0 aliphatic carbocycles. The molecule has 1 atom stereocenters. The van der Waals surface area contributed by atoms with Crippen molar-refractivity contribution in [3.8, 4) is 0 Å². The minimum absolute atomic E-state index is 0.267. The Hall–Kier alpha value is -2.21. The second-order valence-electron chi connectivity index (χ2n) is 4.52. The summed E-state index contributed by atoms with van der Waals surface area (Å²) in [6.45, 7) is 3.75. The van der Waals surface area contributed by atoms with E-state index in [1.54, 1.807) is 13.8 Å². The van der Waals surface area contributed by atoms with E-state index < -0.39 is 12.0 Å². The van der Waals surface area contributed by atoms with Gasteiger partial charge >= 0.3 is 5.97 Å². The van der Waals surface area contributed by atoms with Crippen LogP contribution in [0.3, 0.4) is 0 Å². The zero-order valence-corrected chi connectivity index (χ0v) is 12.6. The molecule has 0 spiro atoms. The molecule has 1 aliphatic heterocycles. The summed E-state index contributed by atoms with van der Waals surface area (Å²) in [6.07, 6.45) is 0.624.